The van der Waals surface area contributed by atoms with Crippen LogP contribution in [0.25, 0.3) is 0 Å². The van der Waals surface area contributed by atoms with Crippen molar-refractivity contribution in [3.63, 3.8) is 0 Å². The first-order chi connectivity index (χ1) is 7.48. The monoisotopic (exact) mass is 240 g/mol. The number of amides is 2. The molecule has 2 amide bonds. The Hall–Kier alpha value is -0.970. The summed E-state index contributed by atoms with van der Waals surface area (Å²) in [5.41, 5.74) is 5.09. The van der Waals surface area contributed by atoms with Crippen molar-refractivity contribution in [2.45, 2.75) is 45.1 Å². The summed E-state index contributed by atoms with van der Waals surface area (Å²) < 4.78 is 0. The van der Waals surface area contributed by atoms with Crippen LogP contribution in [0, 0.1) is 5.41 Å². The lowest BCUT2D eigenvalue weighted by Crippen LogP contribution is -2.46. The van der Waals surface area contributed by atoms with Crippen LogP contribution in [0.2, 0.25) is 0 Å². The predicted octanol–water partition coefficient (Wildman–Crippen LogP) is 0.980. The Bertz CT molecular complexity index is 361. The van der Waals surface area contributed by atoms with Crippen molar-refractivity contribution in [1.29, 1.82) is 0 Å². The molecule has 1 saturated carbocycles. The second kappa shape index (κ2) is 3.80. The normalized spacial score (nSPS) is 25.4. The molecule has 0 bridgehead atoms. The summed E-state index contributed by atoms with van der Waals surface area (Å²) >= 11 is 4.86. The number of thiocarbonyl (C=S) groups is 1. The number of hydrogen-bond donors (Lipinski definition) is 1. The van der Waals surface area contributed by atoms with E-state index < -0.39 is 11.5 Å². The van der Waals surface area contributed by atoms with E-state index in [1.807, 2.05) is 0 Å². The highest BCUT2D eigenvalue weighted by molar-refractivity contribution is 7.80. The maximum Gasteiger partial charge on any atom is 0.236 e. The highest BCUT2D eigenvalue weighted by Crippen LogP contribution is 2.47. The van der Waals surface area contributed by atoms with Crippen LogP contribution in [0.4, 0.5) is 0 Å². The van der Waals surface area contributed by atoms with Crippen molar-refractivity contribution < 1.29 is 9.59 Å². The van der Waals surface area contributed by atoms with Gasteiger partial charge < -0.3 is 5.73 Å². The molecule has 0 aromatic heterocycles. The van der Waals surface area contributed by atoms with Crippen LogP contribution in [0.3, 0.4) is 0 Å². The number of rotatable bonds is 2. The molecule has 2 fully saturated rings. The molecule has 1 atom stereocenters. The van der Waals surface area contributed by atoms with Crippen LogP contribution in [0.5, 0.6) is 0 Å². The summed E-state index contributed by atoms with van der Waals surface area (Å²) in [6.45, 7) is 1.71. The van der Waals surface area contributed by atoms with Gasteiger partial charge in [0.1, 0.15) is 0 Å². The van der Waals surface area contributed by atoms with Gasteiger partial charge in [-0.15, -0.1) is 0 Å². The largest absolute Gasteiger partial charge is 0.392 e. The van der Waals surface area contributed by atoms with Crippen LogP contribution in [-0.4, -0.2) is 27.7 Å². The third kappa shape index (κ3) is 1.54. The van der Waals surface area contributed by atoms with E-state index in [9.17, 15) is 9.59 Å². The standard InChI is InChI=1S/C11H16N2O2S/c1-7(9(12)16)13-8(14)6-11(10(13)15)4-2-3-5-11/h7H,2-6H2,1H3,(H2,12,16). The van der Waals surface area contributed by atoms with Gasteiger partial charge in [-0.05, 0) is 19.8 Å². The Labute approximate surface area is 100 Å². The first kappa shape index (κ1) is 11.5. The van der Waals surface area contributed by atoms with E-state index in [0.29, 0.717) is 6.42 Å². The molecule has 2 aliphatic rings. The van der Waals surface area contributed by atoms with Gasteiger partial charge in [0.2, 0.25) is 11.8 Å². The molecule has 1 aliphatic carbocycles. The van der Waals surface area contributed by atoms with E-state index in [1.54, 1.807) is 6.92 Å². The van der Waals surface area contributed by atoms with E-state index >= 15 is 0 Å². The van der Waals surface area contributed by atoms with Crippen molar-refractivity contribution in [2.24, 2.45) is 11.1 Å². The average molecular weight is 240 g/mol. The lowest BCUT2D eigenvalue weighted by molar-refractivity contribution is -0.142. The summed E-state index contributed by atoms with van der Waals surface area (Å²) in [5.74, 6) is -0.178. The summed E-state index contributed by atoms with van der Waals surface area (Å²) in [4.78, 5) is 25.6. The molecular formula is C11H16N2O2S. The van der Waals surface area contributed by atoms with Gasteiger partial charge in [-0.1, -0.05) is 25.1 Å². The van der Waals surface area contributed by atoms with Crippen molar-refractivity contribution in [1.82, 2.24) is 4.90 Å². The molecule has 2 rings (SSSR count). The van der Waals surface area contributed by atoms with Crippen LogP contribution in [-0.2, 0) is 9.59 Å². The maximum atomic E-state index is 12.3. The lowest BCUT2D eigenvalue weighted by Gasteiger charge is -2.24. The number of hydrogen-bond acceptors (Lipinski definition) is 3. The molecule has 88 valence electrons. The molecule has 2 N–H and O–H groups in total. The molecule has 1 saturated heterocycles. The fourth-order valence-electron chi connectivity index (χ4n) is 2.78. The summed E-state index contributed by atoms with van der Waals surface area (Å²) in [6.07, 6.45) is 4.08. The predicted molar refractivity (Wildman–Crippen MR) is 63.6 cm³/mol. The van der Waals surface area contributed by atoms with Crippen molar-refractivity contribution >= 4 is 29.0 Å². The first-order valence-electron chi connectivity index (χ1n) is 5.64. The Kier molecular flexibility index (Phi) is 2.74. The van der Waals surface area contributed by atoms with E-state index in [0.717, 1.165) is 25.7 Å². The molecule has 1 heterocycles. The minimum atomic E-state index is -0.449. The zero-order valence-electron chi connectivity index (χ0n) is 9.36. The van der Waals surface area contributed by atoms with Gasteiger partial charge in [0.25, 0.3) is 0 Å². The van der Waals surface area contributed by atoms with E-state index in [2.05, 4.69) is 0 Å². The van der Waals surface area contributed by atoms with Crippen molar-refractivity contribution in [3.05, 3.63) is 0 Å². The second-order valence-corrected chi connectivity index (χ2v) is 5.28. The number of carbonyl (C=O) groups is 2. The van der Waals surface area contributed by atoms with Gasteiger partial charge in [0.15, 0.2) is 0 Å². The Morgan fingerprint density at radius 1 is 1.44 bits per heavy atom. The van der Waals surface area contributed by atoms with Gasteiger partial charge in [-0.2, -0.15) is 0 Å². The SMILES string of the molecule is CC(C(N)=S)N1C(=O)CC2(CCCC2)C1=O. The zero-order valence-corrected chi connectivity index (χ0v) is 10.2. The molecule has 4 nitrogen and oxygen atoms in total. The minimum Gasteiger partial charge on any atom is -0.392 e. The molecular weight excluding hydrogens is 224 g/mol. The highest BCUT2D eigenvalue weighted by Gasteiger charge is 2.53. The molecule has 0 radical (unpaired) electrons. The maximum absolute atomic E-state index is 12.3. The fourth-order valence-corrected chi connectivity index (χ4v) is 2.89. The molecule has 1 unspecified atom stereocenters. The minimum absolute atomic E-state index is 0.0599. The number of likely N-dealkylation sites (tertiary alicyclic amines) is 1. The molecule has 0 aromatic rings. The van der Waals surface area contributed by atoms with Gasteiger partial charge in [-0.3, -0.25) is 14.5 Å². The van der Waals surface area contributed by atoms with Gasteiger partial charge in [0, 0.05) is 6.42 Å². The van der Waals surface area contributed by atoms with Crippen molar-refractivity contribution in [3.8, 4) is 0 Å². The smallest absolute Gasteiger partial charge is 0.236 e. The number of nitrogens with two attached hydrogens (primary N) is 1. The van der Waals surface area contributed by atoms with Crippen LogP contribution >= 0.6 is 12.2 Å². The Morgan fingerprint density at radius 3 is 2.50 bits per heavy atom. The number of carbonyl (C=O) groups excluding carboxylic acids is 2. The summed E-state index contributed by atoms with van der Waals surface area (Å²) in [6, 6.07) is -0.449. The van der Waals surface area contributed by atoms with Gasteiger partial charge in [0.05, 0.1) is 16.4 Å². The number of nitrogens with zero attached hydrogens (tertiary/aromatic N) is 1. The second-order valence-electron chi connectivity index (χ2n) is 4.81. The first-order valence-corrected chi connectivity index (χ1v) is 6.04. The quantitative estimate of drug-likeness (QED) is 0.577. The molecule has 1 aliphatic heterocycles. The van der Waals surface area contributed by atoms with E-state index in [1.165, 1.54) is 4.90 Å². The van der Waals surface area contributed by atoms with E-state index in [4.69, 9.17) is 18.0 Å². The molecule has 0 aromatic carbocycles. The Balaban J connectivity index is 2.26. The zero-order chi connectivity index (χ0) is 11.9. The molecule has 1 spiro atoms. The van der Waals surface area contributed by atoms with Crippen LogP contribution in [0.15, 0.2) is 0 Å². The summed E-state index contributed by atoms with van der Waals surface area (Å²) in [7, 11) is 0. The summed E-state index contributed by atoms with van der Waals surface area (Å²) in [5, 5.41) is 0. The fraction of sp³-hybridized carbons (Fsp3) is 0.727. The van der Waals surface area contributed by atoms with Crippen LogP contribution in [0.1, 0.15) is 39.0 Å². The van der Waals surface area contributed by atoms with Crippen LogP contribution < -0.4 is 5.73 Å². The third-order valence-corrected chi connectivity index (χ3v) is 4.13. The lowest BCUT2D eigenvalue weighted by atomic mass is 9.84. The topological polar surface area (TPSA) is 63.4 Å². The average Bonchev–Trinajstić information content (AvgIpc) is 2.75. The molecule has 5 heteroatoms. The van der Waals surface area contributed by atoms with Gasteiger partial charge >= 0.3 is 0 Å². The third-order valence-electron chi connectivity index (χ3n) is 3.79. The number of imide groups is 1. The van der Waals surface area contributed by atoms with Crippen molar-refractivity contribution in [2.75, 3.05) is 0 Å². The molecule has 16 heavy (non-hydrogen) atoms. The van der Waals surface area contributed by atoms with E-state index in [-0.39, 0.29) is 16.8 Å². The Morgan fingerprint density at radius 2 is 2.00 bits per heavy atom. The van der Waals surface area contributed by atoms with Gasteiger partial charge in [-0.25, -0.2) is 0 Å². The highest BCUT2D eigenvalue weighted by atomic mass is 32.1.